The Morgan fingerprint density at radius 2 is 1.92 bits per heavy atom. The van der Waals surface area contributed by atoms with Crippen LogP contribution in [0.25, 0.3) is 0 Å². The average molecular weight is 360 g/mol. The van der Waals surface area contributed by atoms with Gasteiger partial charge in [-0.3, -0.25) is 4.79 Å². The summed E-state index contributed by atoms with van der Waals surface area (Å²) in [6, 6.07) is 12.5. The average Bonchev–Trinajstić information content (AvgIpc) is 2.55. The summed E-state index contributed by atoms with van der Waals surface area (Å²) in [5, 5.41) is 15.3. The maximum Gasteiger partial charge on any atom is 0.267 e. The number of aryl methyl sites for hydroxylation is 2. The van der Waals surface area contributed by atoms with Gasteiger partial charge in [0, 0.05) is 11.9 Å². The van der Waals surface area contributed by atoms with Crippen LogP contribution in [-0.2, 0) is 4.79 Å². The Kier molecular flexibility index (Phi) is 5.86. The predicted molar refractivity (Wildman–Crippen MR) is 98.3 cm³/mol. The number of benzene rings is 2. The van der Waals surface area contributed by atoms with E-state index in [1.165, 1.54) is 11.8 Å². The summed E-state index contributed by atoms with van der Waals surface area (Å²) in [6.07, 6.45) is 1.36. The van der Waals surface area contributed by atoms with Crippen molar-refractivity contribution in [2.45, 2.75) is 13.8 Å². The van der Waals surface area contributed by atoms with Crippen LogP contribution in [0.4, 0.5) is 11.4 Å². The van der Waals surface area contributed by atoms with Gasteiger partial charge in [-0.25, -0.2) is 0 Å². The summed E-state index contributed by atoms with van der Waals surface area (Å²) in [5.74, 6) is -0.571. The second kappa shape index (κ2) is 7.87. The van der Waals surface area contributed by atoms with Crippen molar-refractivity contribution in [3.8, 4) is 6.07 Å². The van der Waals surface area contributed by atoms with Crippen LogP contribution in [0.3, 0.4) is 0 Å². The maximum absolute atomic E-state index is 12.2. The lowest BCUT2D eigenvalue weighted by atomic mass is 10.1. The number of hydrogen-bond acceptors (Lipinski definition) is 3. The van der Waals surface area contributed by atoms with Gasteiger partial charge in [-0.2, -0.15) is 5.26 Å². The Morgan fingerprint density at radius 3 is 2.58 bits per heavy atom. The number of halogens is 2. The fraction of sp³-hybridized carbons (Fsp3) is 0.111. The lowest BCUT2D eigenvalue weighted by molar-refractivity contribution is -0.112. The highest BCUT2D eigenvalue weighted by Crippen LogP contribution is 2.29. The highest BCUT2D eigenvalue weighted by atomic mass is 35.5. The first kappa shape index (κ1) is 17.9. The summed E-state index contributed by atoms with van der Waals surface area (Å²) in [7, 11) is 0. The van der Waals surface area contributed by atoms with Crippen LogP contribution >= 0.6 is 23.2 Å². The molecule has 0 aromatic heterocycles. The Morgan fingerprint density at radius 1 is 1.17 bits per heavy atom. The Hall–Kier alpha value is -2.48. The third-order valence-corrected chi connectivity index (χ3v) is 4.27. The van der Waals surface area contributed by atoms with E-state index in [1.54, 1.807) is 18.2 Å². The third-order valence-electron chi connectivity index (χ3n) is 3.45. The van der Waals surface area contributed by atoms with Crippen LogP contribution in [0.2, 0.25) is 10.0 Å². The Bertz CT molecular complexity index is 854. The lowest BCUT2D eigenvalue weighted by Crippen LogP contribution is -2.15. The number of nitrogens with zero attached hydrogens (tertiary/aromatic N) is 1. The smallest absolute Gasteiger partial charge is 0.267 e. The van der Waals surface area contributed by atoms with Gasteiger partial charge in [-0.1, -0.05) is 35.3 Å². The summed E-state index contributed by atoms with van der Waals surface area (Å²) < 4.78 is 0. The largest absolute Gasteiger partial charge is 0.360 e. The molecular formula is C18H15Cl2N3O. The SMILES string of the molecule is Cc1ccc(N/C=C(/C#N)C(=O)Nc2cccc(Cl)c2Cl)cc1C. The van der Waals surface area contributed by atoms with Gasteiger partial charge >= 0.3 is 0 Å². The van der Waals surface area contributed by atoms with Crippen LogP contribution in [0.15, 0.2) is 48.2 Å². The molecule has 2 rings (SSSR count). The molecule has 0 bridgehead atoms. The van der Waals surface area contributed by atoms with Crippen LogP contribution in [0.5, 0.6) is 0 Å². The normalized spacial score (nSPS) is 10.9. The van der Waals surface area contributed by atoms with Crippen molar-refractivity contribution in [2.24, 2.45) is 0 Å². The number of hydrogen-bond donors (Lipinski definition) is 2. The van der Waals surface area contributed by atoms with E-state index in [0.29, 0.717) is 10.7 Å². The summed E-state index contributed by atoms with van der Waals surface area (Å²) in [5.41, 5.74) is 3.34. The molecule has 4 nitrogen and oxygen atoms in total. The molecule has 0 radical (unpaired) electrons. The molecule has 0 fully saturated rings. The fourth-order valence-corrected chi connectivity index (χ4v) is 2.27. The topological polar surface area (TPSA) is 64.9 Å². The van der Waals surface area contributed by atoms with E-state index in [2.05, 4.69) is 10.6 Å². The Labute approximate surface area is 150 Å². The molecule has 2 N–H and O–H groups in total. The van der Waals surface area contributed by atoms with E-state index in [1.807, 2.05) is 38.1 Å². The van der Waals surface area contributed by atoms with Gasteiger partial charge in [0.2, 0.25) is 0 Å². The van der Waals surface area contributed by atoms with E-state index in [4.69, 9.17) is 23.2 Å². The van der Waals surface area contributed by atoms with Gasteiger partial charge in [0.25, 0.3) is 5.91 Å². The first-order valence-corrected chi connectivity index (χ1v) is 7.87. The number of anilines is 2. The van der Waals surface area contributed by atoms with E-state index in [-0.39, 0.29) is 10.6 Å². The molecular weight excluding hydrogens is 345 g/mol. The van der Waals surface area contributed by atoms with Crippen molar-refractivity contribution in [3.63, 3.8) is 0 Å². The molecule has 0 saturated carbocycles. The highest BCUT2D eigenvalue weighted by Gasteiger charge is 2.12. The molecule has 6 heteroatoms. The quantitative estimate of drug-likeness (QED) is 0.591. The molecule has 0 saturated heterocycles. The number of carbonyl (C=O) groups is 1. The van der Waals surface area contributed by atoms with Gasteiger partial charge in [-0.05, 0) is 49.2 Å². The molecule has 122 valence electrons. The van der Waals surface area contributed by atoms with Crippen molar-refractivity contribution >= 4 is 40.5 Å². The summed E-state index contributed by atoms with van der Waals surface area (Å²) >= 11 is 11.9. The minimum Gasteiger partial charge on any atom is -0.360 e. The standard InChI is InChI=1S/C18H15Cl2N3O/c1-11-6-7-14(8-12(11)2)22-10-13(9-21)18(24)23-16-5-3-4-15(19)17(16)20/h3-8,10,22H,1-2H3,(H,23,24)/b13-10-. The number of amides is 1. The number of rotatable bonds is 4. The van der Waals surface area contributed by atoms with Crippen molar-refractivity contribution in [1.82, 2.24) is 0 Å². The van der Waals surface area contributed by atoms with E-state index < -0.39 is 5.91 Å². The second-order valence-electron chi connectivity index (χ2n) is 5.17. The van der Waals surface area contributed by atoms with Crippen molar-refractivity contribution in [2.75, 3.05) is 10.6 Å². The molecule has 24 heavy (non-hydrogen) atoms. The highest BCUT2D eigenvalue weighted by molar-refractivity contribution is 6.44. The first-order valence-electron chi connectivity index (χ1n) is 7.12. The van der Waals surface area contributed by atoms with Gasteiger partial charge in [-0.15, -0.1) is 0 Å². The molecule has 0 atom stereocenters. The van der Waals surface area contributed by atoms with Crippen LogP contribution in [-0.4, -0.2) is 5.91 Å². The summed E-state index contributed by atoms with van der Waals surface area (Å²) in [6.45, 7) is 4.00. The van der Waals surface area contributed by atoms with Gasteiger partial charge in [0.1, 0.15) is 11.6 Å². The minimum absolute atomic E-state index is 0.0794. The molecule has 2 aromatic carbocycles. The van der Waals surface area contributed by atoms with E-state index in [0.717, 1.165) is 11.3 Å². The van der Waals surface area contributed by atoms with E-state index >= 15 is 0 Å². The van der Waals surface area contributed by atoms with Gasteiger partial charge < -0.3 is 10.6 Å². The minimum atomic E-state index is -0.571. The molecule has 0 unspecified atom stereocenters. The number of nitrogens with one attached hydrogen (secondary N) is 2. The fourth-order valence-electron chi connectivity index (χ4n) is 1.93. The molecule has 0 aliphatic heterocycles. The molecule has 1 amide bonds. The van der Waals surface area contributed by atoms with Crippen LogP contribution in [0, 0.1) is 25.2 Å². The summed E-state index contributed by atoms with van der Waals surface area (Å²) in [4.78, 5) is 12.2. The second-order valence-corrected chi connectivity index (χ2v) is 5.95. The first-order chi connectivity index (χ1) is 11.4. The van der Waals surface area contributed by atoms with Crippen LogP contribution in [0.1, 0.15) is 11.1 Å². The maximum atomic E-state index is 12.2. The zero-order valence-electron chi connectivity index (χ0n) is 13.2. The molecule has 0 spiro atoms. The van der Waals surface area contributed by atoms with Crippen molar-refractivity contribution in [3.05, 3.63) is 69.3 Å². The van der Waals surface area contributed by atoms with Crippen LogP contribution < -0.4 is 10.6 Å². The molecule has 0 heterocycles. The van der Waals surface area contributed by atoms with Gasteiger partial charge in [0.15, 0.2) is 0 Å². The van der Waals surface area contributed by atoms with Crippen molar-refractivity contribution < 1.29 is 4.79 Å². The van der Waals surface area contributed by atoms with Crippen molar-refractivity contribution in [1.29, 1.82) is 5.26 Å². The van der Waals surface area contributed by atoms with Gasteiger partial charge in [0.05, 0.1) is 15.7 Å². The molecule has 0 aliphatic rings. The molecule has 0 aliphatic carbocycles. The lowest BCUT2D eigenvalue weighted by Gasteiger charge is -2.08. The Balaban J connectivity index is 2.15. The zero-order valence-corrected chi connectivity index (χ0v) is 14.7. The number of nitriles is 1. The monoisotopic (exact) mass is 359 g/mol. The zero-order chi connectivity index (χ0) is 17.7. The number of carbonyl (C=O) groups excluding carboxylic acids is 1. The predicted octanol–water partition coefficient (Wildman–Crippen LogP) is 5.07. The third kappa shape index (κ3) is 4.29. The van der Waals surface area contributed by atoms with E-state index in [9.17, 15) is 10.1 Å². The molecule has 2 aromatic rings.